The average molecular weight is 225 g/mol. The maximum atomic E-state index is 4.12. The molecule has 0 saturated heterocycles. The minimum Gasteiger partial charge on any atom is -0.311 e. The molecule has 0 spiro atoms. The van der Waals surface area contributed by atoms with Crippen molar-refractivity contribution in [3.05, 3.63) is 11.9 Å². The second kappa shape index (κ2) is 7.35. The maximum Gasteiger partial charge on any atom is 0.0964 e. The zero-order valence-electron chi connectivity index (χ0n) is 10.6. The van der Waals surface area contributed by atoms with Gasteiger partial charge in [0.05, 0.1) is 12.2 Å². The van der Waals surface area contributed by atoms with Gasteiger partial charge in [0, 0.05) is 19.3 Å². The fraction of sp³-hybridized carbons (Fsp3) is 0.818. The number of aromatic nitrogens is 3. The molecular weight excluding hydrogens is 202 g/mol. The van der Waals surface area contributed by atoms with Crippen LogP contribution >= 0.6 is 0 Å². The van der Waals surface area contributed by atoms with Gasteiger partial charge < -0.3 is 10.2 Å². The standard InChI is InChI=1S/C11H23N5/c1-4-6-12-9-11-10-16(14-13-11)8-7-15(3)5-2/h10,12H,4-9H2,1-3H3. The van der Waals surface area contributed by atoms with Gasteiger partial charge in [0.15, 0.2) is 0 Å². The van der Waals surface area contributed by atoms with Crippen LogP contribution in [0, 0.1) is 0 Å². The SMILES string of the molecule is CCCNCc1cn(CCN(C)CC)nn1. The summed E-state index contributed by atoms with van der Waals surface area (Å²) >= 11 is 0. The molecule has 0 radical (unpaired) electrons. The van der Waals surface area contributed by atoms with Crippen LogP contribution < -0.4 is 5.32 Å². The summed E-state index contributed by atoms with van der Waals surface area (Å²) in [7, 11) is 2.11. The van der Waals surface area contributed by atoms with Crippen LogP contribution in [-0.4, -0.2) is 46.6 Å². The highest BCUT2D eigenvalue weighted by Gasteiger charge is 2.01. The maximum absolute atomic E-state index is 4.12. The molecule has 16 heavy (non-hydrogen) atoms. The molecule has 5 heteroatoms. The Kier molecular flexibility index (Phi) is 6.03. The average Bonchev–Trinajstić information content (AvgIpc) is 2.74. The van der Waals surface area contributed by atoms with Gasteiger partial charge in [0.1, 0.15) is 0 Å². The van der Waals surface area contributed by atoms with Crippen molar-refractivity contribution >= 4 is 0 Å². The molecule has 5 nitrogen and oxygen atoms in total. The first-order chi connectivity index (χ1) is 7.76. The van der Waals surface area contributed by atoms with E-state index in [4.69, 9.17) is 0 Å². The van der Waals surface area contributed by atoms with Gasteiger partial charge in [-0.1, -0.05) is 19.1 Å². The van der Waals surface area contributed by atoms with Gasteiger partial charge in [-0.2, -0.15) is 0 Å². The first-order valence-corrected chi connectivity index (χ1v) is 6.04. The largest absolute Gasteiger partial charge is 0.311 e. The van der Waals surface area contributed by atoms with Crippen molar-refractivity contribution in [1.29, 1.82) is 0 Å². The van der Waals surface area contributed by atoms with Gasteiger partial charge in [-0.15, -0.1) is 5.10 Å². The van der Waals surface area contributed by atoms with Crippen LogP contribution in [-0.2, 0) is 13.1 Å². The van der Waals surface area contributed by atoms with E-state index in [0.717, 1.165) is 44.8 Å². The molecule has 1 heterocycles. The van der Waals surface area contributed by atoms with Gasteiger partial charge in [-0.3, -0.25) is 4.68 Å². The lowest BCUT2D eigenvalue weighted by Gasteiger charge is -2.12. The molecule has 92 valence electrons. The summed E-state index contributed by atoms with van der Waals surface area (Å²) in [6.07, 6.45) is 3.17. The molecule has 0 saturated carbocycles. The lowest BCUT2D eigenvalue weighted by molar-refractivity contribution is 0.326. The van der Waals surface area contributed by atoms with Crippen molar-refractivity contribution in [2.45, 2.75) is 33.4 Å². The van der Waals surface area contributed by atoms with E-state index in [9.17, 15) is 0 Å². The van der Waals surface area contributed by atoms with Crippen molar-refractivity contribution in [1.82, 2.24) is 25.2 Å². The summed E-state index contributed by atoms with van der Waals surface area (Å²) < 4.78 is 1.91. The Morgan fingerprint density at radius 1 is 1.44 bits per heavy atom. The molecule has 0 aliphatic rings. The molecule has 1 aromatic rings. The third-order valence-corrected chi connectivity index (χ3v) is 2.57. The van der Waals surface area contributed by atoms with Crippen molar-refractivity contribution in [3.63, 3.8) is 0 Å². The monoisotopic (exact) mass is 225 g/mol. The van der Waals surface area contributed by atoms with E-state index in [2.05, 4.69) is 41.4 Å². The minimum atomic E-state index is 0.817. The molecule has 1 rings (SSSR count). The Morgan fingerprint density at radius 3 is 2.94 bits per heavy atom. The summed E-state index contributed by atoms with van der Waals surface area (Å²) in [6.45, 7) is 9.15. The van der Waals surface area contributed by atoms with Crippen LogP contribution in [0.15, 0.2) is 6.20 Å². The fourth-order valence-electron chi connectivity index (χ4n) is 1.35. The molecule has 0 aromatic carbocycles. The van der Waals surface area contributed by atoms with Crippen LogP contribution in [0.4, 0.5) is 0 Å². The number of nitrogens with zero attached hydrogens (tertiary/aromatic N) is 4. The van der Waals surface area contributed by atoms with E-state index in [1.807, 2.05) is 10.9 Å². The Hall–Kier alpha value is -0.940. The third kappa shape index (κ3) is 4.72. The molecule has 0 aliphatic heterocycles. The number of hydrogen-bond donors (Lipinski definition) is 1. The topological polar surface area (TPSA) is 46.0 Å². The van der Waals surface area contributed by atoms with E-state index in [-0.39, 0.29) is 0 Å². The molecule has 1 N–H and O–H groups in total. The molecular formula is C11H23N5. The first-order valence-electron chi connectivity index (χ1n) is 6.04. The first kappa shape index (κ1) is 13.1. The highest BCUT2D eigenvalue weighted by atomic mass is 15.4. The van der Waals surface area contributed by atoms with E-state index >= 15 is 0 Å². The summed E-state index contributed by atoms with van der Waals surface area (Å²) in [6, 6.07) is 0. The van der Waals surface area contributed by atoms with Crippen molar-refractivity contribution in [2.24, 2.45) is 0 Å². The Bertz CT molecular complexity index is 284. The predicted molar refractivity (Wildman–Crippen MR) is 65.2 cm³/mol. The van der Waals surface area contributed by atoms with Crippen molar-refractivity contribution in [2.75, 3.05) is 26.7 Å². The summed E-state index contributed by atoms with van der Waals surface area (Å²) in [4.78, 5) is 2.26. The molecule has 0 amide bonds. The second-order valence-electron chi connectivity index (χ2n) is 4.05. The van der Waals surface area contributed by atoms with Crippen LogP contribution in [0.2, 0.25) is 0 Å². The normalized spacial score (nSPS) is 11.2. The highest BCUT2D eigenvalue weighted by Crippen LogP contribution is 1.93. The fourth-order valence-corrected chi connectivity index (χ4v) is 1.35. The lowest BCUT2D eigenvalue weighted by atomic mass is 10.4. The summed E-state index contributed by atoms with van der Waals surface area (Å²) in [5.41, 5.74) is 1.02. The number of rotatable bonds is 8. The molecule has 0 fully saturated rings. The quantitative estimate of drug-likeness (QED) is 0.663. The van der Waals surface area contributed by atoms with Crippen LogP contribution in [0.25, 0.3) is 0 Å². The van der Waals surface area contributed by atoms with Gasteiger partial charge in [-0.25, -0.2) is 0 Å². The van der Waals surface area contributed by atoms with Gasteiger partial charge in [0.25, 0.3) is 0 Å². The number of nitrogens with one attached hydrogen (secondary N) is 1. The van der Waals surface area contributed by atoms with Gasteiger partial charge >= 0.3 is 0 Å². The molecule has 0 bridgehead atoms. The second-order valence-corrected chi connectivity index (χ2v) is 4.05. The Morgan fingerprint density at radius 2 is 2.25 bits per heavy atom. The zero-order valence-corrected chi connectivity index (χ0v) is 10.6. The smallest absolute Gasteiger partial charge is 0.0964 e. The predicted octanol–water partition coefficient (Wildman–Crippen LogP) is 0.729. The van der Waals surface area contributed by atoms with Crippen LogP contribution in [0.5, 0.6) is 0 Å². The van der Waals surface area contributed by atoms with Crippen LogP contribution in [0.3, 0.4) is 0 Å². The molecule has 1 aromatic heterocycles. The van der Waals surface area contributed by atoms with E-state index < -0.39 is 0 Å². The highest BCUT2D eigenvalue weighted by molar-refractivity contribution is 4.91. The Balaban J connectivity index is 2.28. The lowest BCUT2D eigenvalue weighted by Crippen LogP contribution is -2.23. The van der Waals surface area contributed by atoms with Gasteiger partial charge in [-0.05, 0) is 26.6 Å². The van der Waals surface area contributed by atoms with E-state index in [0.29, 0.717) is 0 Å². The van der Waals surface area contributed by atoms with Crippen molar-refractivity contribution < 1.29 is 0 Å². The molecule has 0 atom stereocenters. The molecule has 0 unspecified atom stereocenters. The summed E-state index contributed by atoms with van der Waals surface area (Å²) in [5, 5.41) is 11.5. The van der Waals surface area contributed by atoms with E-state index in [1.165, 1.54) is 0 Å². The van der Waals surface area contributed by atoms with E-state index in [1.54, 1.807) is 0 Å². The number of likely N-dealkylation sites (N-methyl/N-ethyl adjacent to an activating group) is 1. The summed E-state index contributed by atoms with van der Waals surface area (Å²) in [5.74, 6) is 0. The van der Waals surface area contributed by atoms with Crippen LogP contribution in [0.1, 0.15) is 26.0 Å². The zero-order chi connectivity index (χ0) is 11.8. The van der Waals surface area contributed by atoms with Gasteiger partial charge in [0.2, 0.25) is 0 Å². The molecule has 0 aliphatic carbocycles. The van der Waals surface area contributed by atoms with Crippen molar-refractivity contribution in [3.8, 4) is 0 Å². The Labute approximate surface area is 97.8 Å². The third-order valence-electron chi connectivity index (χ3n) is 2.57. The number of hydrogen-bond acceptors (Lipinski definition) is 4. The minimum absolute atomic E-state index is 0.817.